The van der Waals surface area contributed by atoms with Crippen molar-refractivity contribution in [3.63, 3.8) is 0 Å². The quantitative estimate of drug-likeness (QED) is 0.383. The number of rotatable bonds is 9. The van der Waals surface area contributed by atoms with Crippen LogP contribution in [0.4, 0.5) is 5.69 Å². The lowest BCUT2D eigenvalue weighted by molar-refractivity contribution is -0.117. The summed E-state index contributed by atoms with van der Waals surface area (Å²) in [5, 5.41) is 6.67. The summed E-state index contributed by atoms with van der Waals surface area (Å²) in [6, 6.07) is 9.87. The van der Waals surface area contributed by atoms with Crippen LogP contribution in [0.15, 0.2) is 35.3 Å². The van der Waals surface area contributed by atoms with E-state index < -0.39 is 0 Å². The van der Waals surface area contributed by atoms with Crippen LogP contribution in [0.25, 0.3) is 0 Å². The van der Waals surface area contributed by atoms with E-state index in [1.165, 1.54) is 0 Å². The molecule has 0 aliphatic carbocycles. The molecule has 1 amide bonds. The molecule has 0 saturated carbocycles. The molecule has 28 heavy (non-hydrogen) atoms. The summed E-state index contributed by atoms with van der Waals surface area (Å²) in [4.78, 5) is 18.8. The largest absolute Gasteiger partial charge is 0.381 e. The Hall–Kier alpha value is -2.12. The molecule has 2 aliphatic heterocycles. The van der Waals surface area contributed by atoms with Gasteiger partial charge < -0.3 is 25.0 Å². The first-order valence-corrected chi connectivity index (χ1v) is 10.3. The number of ether oxygens (including phenoxy) is 2. The van der Waals surface area contributed by atoms with Gasteiger partial charge in [-0.15, -0.1) is 0 Å². The maximum Gasteiger partial charge on any atom is 0.229 e. The molecular formula is C21H32N4O3. The van der Waals surface area contributed by atoms with Crippen LogP contribution in [-0.4, -0.2) is 64.0 Å². The SMILES string of the molecule is CCNC(=NCCCOCC1CCOC1)NC1CC(=O)N(c2ccccc2)C1. The van der Waals surface area contributed by atoms with Crippen LogP contribution in [0.3, 0.4) is 0 Å². The van der Waals surface area contributed by atoms with Gasteiger partial charge in [-0.25, -0.2) is 0 Å². The number of benzene rings is 1. The first-order chi connectivity index (χ1) is 13.8. The number of hydrogen-bond donors (Lipinski definition) is 2. The summed E-state index contributed by atoms with van der Waals surface area (Å²) in [5.74, 6) is 1.46. The molecule has 2 atom stereocenters. The highest BCUT2D eigenvalue weighted by Crippen LogP contribution is 2.20. The van der Waals surface area contributed by atoms with Gasteiger partial charge in [0.15, 0.2) is 5.96 Å². The van der Waals surface area contributed by atoms with E-state index in [2.05, 4.69) is 15.6 Å². The number of hydrogen-bond acceptors (Lipinski definition) is 4. The van der Waals surface area contributed by atoms with Crippen LogP contribution in [0, 0.1) is 5.92 Å². The summed E-state index contributed by atoms with van der Waals surface area (Å²) < 4.78 is 11.1. The molecule has 2 fully saturated rings. The minimum atomic E-state index is 0.0594. The van der Waals surface area contributed by atoms with E-state index in [0.717, 1.165) is 50.9 Å². The molecule has 1 aromatic rings. The van der Waals surface area contributed by atoms with Crippen LogP contribution in [-0.2, 0) is 14.3 Å². The second-order valence-corrected chi connectivity index (χ2v) is 7.30. The number of carbonyl (C=O) groups is 1. The predicted octanol–water partition coefficient (Wildman–Crippen LogP) is 1.79. The zero-order chi connectivity index (χ0) is 19.6. The summed E-state index contributed by atoms with van der Waals surface area (Å²) >= 11 is 0. The van der Waals surface area contributed by atoms with Crippen LogP contribution in [0.1, 0.15) is 26.2 Å². The van der Waals surface area contributed by atoms with Crippen LogP contribution < -0.4 is 15.5 Å². The lowest BCUT2D eigenvalue weighted by atomic mass is 10.1. The Morgan fingerprint density at radius 2 is 2.21 bits per heavy atom. The van der Waals surface area contributed by atoms with E-state index >= 15 is 0 Å². The minimum absolute atomic E-state index is 0.0594. The van der Waals surface area contributed by atoms with Gasteiger partial charge in [0.05, 0.1) is 19.3 Å². The number of aliphatic imine (C=N–C) groups is 1. The molecule has 2 aliphatic rings. The monoisotopic (exact) mass is 388 g/mol. The second-order valence-electron chi connectivity index (χ2n) is 7.30. The van der Waals surface area contributed by atoms with Crippen LogP contribution in [0.2, 0.25) is 0 Å². The van der Waals surface area contributed by atoms with Crippen molar-refractivity contribution in [2.24, 2.45) is 10.9 Å². The average molecular weight is 389 g/mol. The van der Waals surface area contributed by atoms with Crippen molar-refractivity contribution in [3.8, 4) is 0 Å². The highest BCUT2D eigenvalue weighted by atomic mass is 16.5. The van der Waals surface area contributed by atoms with Crippen molar-refractivity contribution in [1.29, 1.82) is 0 Å². The average Bonchev–Trinajstić information content (AvgIpc) is 3.35. The fourth-order valence-corrected chi connectivity index (χ4v) is 3.50. The zero-order valence-corrected chi connectivity index (χ0v) is 16.7. The van der Waals surface area contributed by atoms with Crippen LogP contribution >= 0.6 is 0 Å². The number of anilines is 1. The third kappa shape index (κ3) is 6.21. The Labute approximate surface area is 167 Å². The van der Waals surface area contributed by atoms with Crippen molar-refractivity contribution < 1.29 is 14.3 Å². The smallest absolute Gasteiger partial charge is 0.229 e. The molecule has 1 aromatic carbocycles. The number of guanidine groups is 1. The summed E-state index contributed by atoms with van der Waals surface area (Å²) in [6.07, 6.45) is 2.46. The number of nitrogens with zero attached hydrogens (tertiary/aromatic N) is 2. The normalized spacial score (nSPS) is 22.7. The highest BCUT2D eigenvalue weighted by molar-refractivity contribution is 5.97. The molecule has 2 saturated heterocycles. The molecule has 2 heterocycles. The molecular weight excluding hydrogens is 356 g/mol. The van der Waals surface area contributed by atoms with Crippen LogP contribution in [0.5, 0.6) is 0 Å². The Bertz CT molecular complexity index is 632. The van der Waals surface area contributed by atoms with Crippen molar-refractivity contribution >= 4 is 17.6 Å². The van der Waals surface area contributed by atoms with Gasteiger partial charge in [-0.1, -0.05) is 18.2 Å². The lowest BCUT2D eigenvalue weighted by Gasteiger charge is -2.19. The number of nitrogens with one attached hydrogen (secondary N) is 2. The maximum absolute atomic E-state index is 12.4. The fraction of sp³-hybridized carbons (Fsp3) is 0.619. The fourth-order valence-electron chi connectivity index (χ4n) is 3.50. The van der Waals surface area contributed by atoms with Gasteiger partial charge in [0.1, 0.15) is 0 Å². The Balaban J connectivity index is 1.41. The Morgan fingerprint density at radius 3 is 2.96 bits per heavy atom. The second kappa shape index (κ2) is 11.0. The third-order valence-electron chi connectivity index (χ3n) is 4.97. The third-order valence-corrected chi connectivity index (χ3v) is 4.97. The maximum atomic E-state index is 12.4. The highest BCUT2D eigenvalue weighted by Gasteiger charge is 2.31. The molecule has 0 radical (unpaired) electrons. The zero-order valence-electron chi connectivity index (χ0n) is 16.7. The topological polar surface area (TPSA) is 75.2 Å². The molecule has 7 heteroatoms. The van der Waals surface area contributed by atoms with E-state index in [4.69, 9.17) is 9.47 Å². The van der Waals surface area contributed by atoms with E-state index in [0.29, 0.717) is 32.0 Å². The first-order valence-electron chi connectivity index (χ1n) is 10.3. The van der Waals surface area contributed by atoms with Crippen molar-refractivity contribution in [1.82, 2.24) is 10.6 Å². The van der Waals surface area contributed by atoms with E-state index in [1.54, 1.807) is 0 Å². The molecule has 7 nitrogen and oxygen atoms in total. The summed E-state index contributed by atoms with van der Waals surface area (Å²) in [5.41, 5.74) is 0.948. The van der Waals surface area contributed by atoms with E-state index in [9.17, 15) is 4.79 Å². The number of carbonyl (C=O) groups excluding carboxylic acids is 1. The predicted molar refractivity (Wildman–Crippen MR) is 111 cm³/mol. The first kappa shape index (κ1) is 20.6. The number of para-hydroxylation sites is 1. The standard InChI is InChI=1S/C21H32N4O3/c1-2-22-21(23-10-6-11-27-15-17-9-12-28-16-17)24-18-13-20(26)25(14-18)19-7-4-3-5-8-19/h3-5,7-8,17-18H,2,6,9-16H2,1H3,(H2,22,23,24). The van der Waals surface area contributed by atoms with Crippen molar-refractivity contribution in [3.05, 3.63) is 30.3 Å². The molecule has 2 unspecified atom stereocenters. The summed E-state index contributed by atoms with van der Waals surface area (Å²) in [7, 11) is 0. The van der Waals surface area contributed by atoms with Crippen molar-refractivity contribution in [2.45, 2.75) is 32.2 Å². The molecule has 2 N–H and O–H groups in total. The summed E-state index contributed by atoms with van der Waals surface area (Å²) in [6.45, 7) is 7.35. The van der Waals surface area contributed by atoms with Gasteiger partial charge in [0, 0.05) is 50.9 Å². The van der Waals surface area contributed by atoms with Gasteiger partial charge in [0.2, 0.25) is 5.91 Å². The Kier molecular flexibility index (Phi) is 8.11. The van der Waals surface area contributed by atoms with E-state index in [1.807, 2.05) is 42.2 Å². The van der Waals surface area contributed by atoms with Gasteiger partial charge >= 0.3 is 0 Å². The van der Waals surface area contributed by atoms with Gasteiger partial charge in [-0.3, -0.25) is 9.79 Å². The molecule has 3 rings (SSSR count). The Morgan fingerprint density at radius 1 is 1.36 bits per heavy atom. The molecule has 0 spiro atoms. The number of amides is 1. The molecule has 0 aromatic heterocycles. The van der Waals surface area contributed by atoms with E-state index in [-0.39, 0.29) is 11.9 Å². The minimum Gasteiger partial charge on any atom is -0.381 e. The molecule has 154 valence electrons. The lowest BCUT2D eigenvalue weighted by Crippen LogP contribution is -2.44. The van der Waals surface area contributed by atoms with Gasteiger partial charge in [-0.2, -0.15) is 0 Å². The van der Waals surface area contributed by atoms with Gasteiger partial charge in [0.25, 0.3) is 0 Å². The molecule has 0 bridgehead atoms. The van der Waals surface area contributed by atoms with Gasteiger partial charge in [-0.05, 0) is 31.9 Å². The van der Waals surface area contributed by atoms with Crippen molar-refractivity contribution in [2.75, 3.05) is 51.0 Å².